The third-order valence-corrected chi connectivity index (χ3v) is 4.02. The molecule has 24 heavy (non-hydrogen) atoms. The van der Waals surface area contributed by atoms with Crippen LogP contribution in [0, 0.1) is 0 Å². The molecule has 0 aliphatic carbocycles. The molecule has 0 unspecified atom stereocenters. The van der Waals surface area contributed by atoms with Gasteiger partial charge >= 0.3 is 6.03 Å². The van der Waals surface area contributed by atoms with Gasteiger partial charge in [0.25, 0.3) is 0 Å². The molecule has 2 aromatic rings. The SMILES string of the molecule is CCc1cccc(CC)c1NC(=O)N(C)CCOc1ccccc1. The van der Waals surface area contributed by atoms with E-state index in [0.717, 1.165) is 35.4 Å². The Balaban J connectivity index is 1.92. The second-order valence-electron chi connectivity index (χ2n) is 5.67. The highest BCUT2D eigenvalue weighted by Crippen LogP contribution is 2.22. The zero-order valence-corrected chi connectivity index (χ0v) is 14.7. The highest BCUT2D eigenvalue weighted by molar-refractivity contribution is 5.91. The normalized spacial score (nSPS) is 10.3. The summed E-state index contributed by atoms with van der Waals surface area (Å²) >= 11 is 0. The third kappa shape index (κ3) is 4.75. The van der Waals surface area contributed by atoms with E-state index in [0.29, 0.717) is 13.2 Å². The predicted octanol–water partition coefficient (Wildman–Crippen LogP) is 4.35. The zero-order valence-electron chi connectivity index (χ0n) is 14.7. The predicted molar refractivity (Wildman–Crippen MR) is 98.8 cm³/mol. The topological polar surface area (TPSA) is 41.6 Å². The summed E-state index contributed by atoms with van der Waals surface area (Å²) < 4.78 is 5.65. The van der Waals surface area contributed by atoms with Crippen molar-refractivity contribution in [1.29, 1.82) is 0 Å². The molecule has 0 radical (unpaired) electrons. The molecular formula is C20H26N2O2. The van der Waals surface area contributed by atoms with Crippen molar-refractivity contribution in [3.63, 3.8) is 0 Å². The first-order valence-corrected chi connectivity index (χ1v) is 8.46. The highest BCUT2D eigenvalue weighted by Gasteiger charge is 2.13. The largest absolute Gasteiger partial charge is 0.492 e. The fourth-order valence-corrected chi connectivity index (χ4v) is 2.52. The number of nitrogens with zero attached hydrogens (tertiary/aromatic N) is 1. The van der Waals surface area contributed by atoms with Gasteiger partial charge < -0.3 is 15.0 Å². The molecule has 2 amide bonds. The van der Waals surface area contributed by atoms with Crippen molar-refractivity contribution in [3.05, 3.63) is 59.7 Å². The second-order valence-corrected chi connectivity index (χ2v) is 5.67. The molecule has 0 saturated heterocycles. The van der Waals surface area contributed by atoms with Crippen LogP contribution in [0.2, 0.25) is 0 Å². The lowest BCUT2D eigenvalue weighted by molar-refractivity contribution is 0.207. The van der Waals surface area contributed by atoms with Crippen molar-refractivity contribution in [3.8, 4) is 5.75 Å². The quantitative estimate of drug-likeness (QED) is 0.821. The van der Waals surface area contributed by atoms with Gasteiger partial charge in [-0.1, -0.05) is 50.2 Å². The first-order chi connectivity index (χ1) is 11.7. The van der Waals surface area contributed by atoms with Gasteiger partial charge in [0.2, 0.25) is 0 Å². The van der Waals surface area contributed by atoms with Crippen molar-refractivity contribution < 1.29 is 9.53 Å². The van der Waals surface area contributed by atoms with E-state index in [1.54, 1.807) is 11.9 Å². The Morgan fingerprint density at radius 3 is 2.21 bits per heavy atom. The van der Waals surface area contributed by atoms with E-state index in [9.17, 15) is 4.79 Å². The van der Waals surface area contributed by atoms with Gasteiger partial charge in [0.1, 0.15) is 12.4 Å². The number of benzene rings is 2. The van der Waals surface area contributed by atoms with Crippen LogP contribution < -0.4 is 10.1 Å². The fourth-order valence-electron chi connectivity index (χ4n) is 2.52. The molecule has 1 N–H and O–H groups in total. The van der Waals surface area contributed by atoms with Crippen molar-refractivity contribution in [2.75, 3.05) is 25.5 Å². The minimum absolute atomic E-state index is 0.109. The average Bonchev–Trinajstić information content (AvgIpc) is 2.62. The first kappa shape index (κ1) is 17.9. The standard InChI is InChI=1S/C20H26N2O2/c1-4-16-10-9-11-17(5-2)19(16)21-20(23)22(3)14-15-24-18-12-7-6-8-13-18/h6-13H,4-5,14-15H2,1-3H3,(H,21,23). The number of aryl methyl sites for hydroxylation is 2. The molecule has 0 atom stereocenters. The van der Waals surface area contributed by atoms with Gasteiger partial charge in [-0.3, -0.25) is 0 Å². The molecule has 0 spiro atoms. The van der Waals surface area contributed by atoms with Crippen LogP contribution in [-0.2, 0) is 12.8 Å². The monoisotopic (exact) mass is 326 g/mol. The van der Waals surface area contributed by atoms with E-state index in [4.69, 9.17) is 4.74 Å². The van der Waals surface area contributed by atoms with Crippen LogP contribution in [0.1, 0.15) is 25.0 Å². The van der Waals surface area contributed by atoms with Gasteiger partial charge in [0.15, 0.2) is 0 Å². The minimum atomic E-state index is -0.109. The lowest BCUT2D eigenvalue weighted by Crippen LogP contribution is -2.35. The van der Waals surface area contributed by atoms with Crippen molar-refractivity contribution >= 4 is 11.7 Å². The van der Waals surface area contributed by atoms with Gasteiger partial charge in [0, 0.05) is 12.7 Å². The van der Waals surface area contributed by atoms with Crippen LogP contribution in [0.15, 0.2) is 48.5 Å². The zero-order chi connectivity index (χ0) is 17.4. The van der Waals surface area contributed by atoms with Gasteiger partial charge in [0.05, 0.1) is 6.54 Å². The summed E-state index contributed by atoms with van der Waals surface area (Å²) in [5.74, 6) is 0.816. The molecular weight excluding hydrogens is 300 g/mol. The summed E-state index contributed by atoms with van der Waals surface area (Å²) in [4.78, 5) is 14.1. The van der Waals surface area contributed by atoms with E-state index in [1.165, 1.54) is 0 Å². The van der Waals surface area contributed by atoms with Gasteiger partial charge in [-0.2, -0.15) is 0 Å². The summed E-state index contributed by atoms with van der Waals surface area (Å²) in [6, 6.07) is 15.7. The molecule has 0 aliphatic heterocycles. The Labute approximate surface area is 144 Å². The van der Waals surface area contributed by atoms with Crippen LogP contribution >= 0.6 is 0 Å². The fraction of sp³-hybridized carbons (Fsp3) is 0.350. The lowest BCUT2D eigenvalue weighted by Gasteiger charge is -2.21. The second kappa shape index (κ2) is 8.96. The summed E-state index contributed by atoms with van der Waals surface area (Å²) in [7, 11) is 1.78. The smallest absolute Gasteiger partial charge is 0.321 e. The Bertz CT molecular complexity index is 634. The number of hydrogen-bond acceptors (Lipinski definition) is 2. The number of amides is 2. The summed E-state index contributed by atoms with van der Waals surface area (Å²) in [5, 5.41) is 3.06. The molecule has 0 heterocycles. The molecule has 4 heteroatoms. The highest BCUT2D eigenvalue weighted by atomic mass is 16.5. The molecule has 4 nitrogen and oxygen atoms in total. The van der Waals surface area contributed by atoms with Crippen LogP contribution in [0.4, 0.5) is 10.5 Å². The van der Waals surface area contributed by atoms with E-state index in [-0.39, 0.29) is 6.03 Å². The molecule has 0 aromatic heterocycles. The van der Waals surface area contributed by atoms with Crippen LogP contribution in [0.25, 0.3) is 0 Å². The van der Waals surface area contributed by atoms with Crippen LogP contribution in [0.5, 0.6) is 5.75 Å². The van der Waals surface area contributed by atoms with E-state index >= 15 is 0 Å². The number of carbonyl (C=O) groups excluding carboxylic acids is 1. The lowest BCUT2D eigenvalue weighted by atomic mass is 10.0. The number of nitrogens with one attached hydrogen (secondary N) is 1. The van der Waals surface area contributed by atoms with Gasteiger partial charge in [-0.05, 0) is 36.1 Å². The van der Waals surface area contributed by atoms with Crippen LogP contribution in [0.3, 0.4) is 0 Å². The molecule has 2 aromatic carbocycles. The van der Waals surface area contributed by atoms with E-state index < -0.39 is 0 Å². The maximum absolute atomic E-state index is 12.5. The number of hydrogen-bond donors (Lipinski definition) is 1. The van der Waals surface area contributed by atoms with Crippen molar-refractivity contribution in [2.45, 2.75) is 26.7 Å². The Hall–Kier alpha value is -2.49. The number of para-hydroxylation sites is 2. The maximum Gasteiger partial charge on any atom is 0.321 e. The molecule has 2 rings (SSSR count). The van der Waals surface area contributed by atoms with E-state index in [2.05, 4.69) is 31.3 Å². The summed E-state index contributed by atoms with van der Waals surface area (Å²) in [6.07, 6.45) is 1.79. The molecule has 0 saturated carbocycles. The molecule has 0 fully saturated rings. The van der Waals surface area contributed by atoms with Crippen LogP contribution in [-0.4, -0.2) is 31.1 Å². The van der Waals surface area contributed by atoms with Crippen molar-refractivity contribution in [1.82, 2.24) is 4.90 Å². The van der Waals surface area contributed by atoms with Crippen molar-refractivity contribution in [2.24, 2.45) is 0 Å². The first-order valence-electron chi connectivity index (χ1n) is 8.46. The average molecular weight is 326 g/mol. The Morgan fingerprint density at radius 1 is 1.00 bits per heavy atom. The molecule has 0 aliphatic rings. The number of urea groups is 1. The summed E-state index contributed by atoms with van der Waals surface area (Å²) in [5.41, 5.74) is 3.27. The van der Waals surface area contributed by atoms with Gasteiger partial charge in [-0.15, -0.1) is 0 Å². The number of anilines is 1. The third-order valence-electron chi connectivity index (χ3n) is 4.02. The maximum atomic E-state index is 12.5. The number of ether oxygens (including phenoxy) is 1. The minimum Gasteiger partial charge on any atom is -0.492 e. The number of likely N-dealkylation sites (N-methyl/N-ethyl adjacent to an activating group) is 1. The number of carbonyl (C=O) groups is 1. The Kier molecular flexibility index (Phi) is 6.67. The molecule has 0 bridgehead atoms. The summed E-state index contributed by atoms with van der Waals surface area (Å²) in [6.45, 7) is 5.18. The molecule has 128 valence electrons. The van der Waals surface area contributed by atoms with E-state index in [1.807, 2.05) is 36.4 Å². The van der Waals surface area contributed by atoms with Gasteiger partial charge in [-0.25, -0.2) is 4.79 Å². The number of rotatable bonds is 7. The Morgan fingerprint density at radius 2 is 1.62 bits per heavy atom.